The molecule has 2 aromatic heterocycles. The number of anilines is 1. The highest BCUT2D eigenvalue weighted by molar-refractivity contribution is 9.10. The summed E-state index contributed by atoms with van der Waals surface area (Å²) in [5.41, 5.74) is -2.11. The second-order valence-electron chi connectivity index (χ2n) is 9.92. The van der Waals surface area contributed by atoms with E-state index in [9.17, 15) is 27.9 Å². The maximum Gasteiger partial charge on any atom is 0.433 e. The number of rotatable bonds is 6. The summed E-state index contributed by atoms with van der Waals surface area (Å²) in [5, 5.41) is 14.4. The fraction of sp³-hybridized carbons (Fsp3) is 0.545. The van der Waals surface area contributed by atoms with Crippen molar-refractivity contribution in [1.29, 1.82) is 0 Å². The topological polar surface area (TPSA) is 105 Å². The van der Waals surface area contributed by atoms with Crippen LogP contribution in [0.1, 0.15) is 58.7 Å². The predicted molar refractivity (Wildman–Crippen MR) is 130 cm³/mol. The van der Waals surface area contributed by atoms with Gasteiger partial charge in [0.1, 0.15) is 15.9 Å². The largest absolute Gasteiger partial charge is 0.465 e. The van der Waals surface area contributed by atoms with Crippen molar-refractivity contribution in [3.05, 3.63) is 39.6 Å². The average molecular weight is 581 g/mol. The van der Waals surface area contributed by atoms with E-state index in [-0.39, 0.29) is 11.7 Å². The van der Waals surface area contributed by atoms with Crippen LogP contribution in [-0.4, -0.2) is 45.4 Å². The molecule has 2 N–H and O–H groups in total. The van der Waals surface area contributed by atoms with Gasteiger partial charge < -0.3 is 15.2 Å². The van der Waals surface area contributed by atoms with Gasteiger partial charge in [-0.2, -0.15) is 13.2 Å². The molecular weight excluding hydrogens is 553 g/mol. The molecule has 13 heteroatoms. The first-order valence-electron chi connectivity index (χ1n) is 10.5. The number of carbonyl (C=O) groups is 2. The van der Waals surface area contributed by atoms with Gasteiger partial charge in [0.2, 0.25) is 0 Å². The van der Waals surface area contributed by atoms with Gasteiger partial charge in [-0.15, -0.1) is 11.3 Å². The number of alkyl halides is 3. The van der Waals surface area contributed by atoms with Gasteiger partial charge in [-0.1, -0.05) is 26.8 Å². The third-order valence-electron chi connectivity index (χ3n) is 4.78. The minimum atomic E-state index is -4.61. The van der Waals surface area contributed by atoms with E-state index in [0.29, 0.717) is 10.2 Å². The normalized spacial score (nSPS) is 14.2. The summed E-state index contributed by atoms with van der Waals surface area (Å²) < 4.78 is 45.1. The third kappa shape index (κ3) is 8.34. The highest BCUT2D eigenvalue weighted by atomic mass is 79.9. The van der Waals surface area contributed by atoms with Crippen LogP contribution < -0.4 is 10.2 Å². The molecule has 0 aliphatic heterocycles. The number of ether oxygens (including phenoxy) is 1. The first-order chi connectivity index (χ1) is 15.9. The van der Waals surface area contributed by atoms with Crippen molar-refractivity contribution in [2.75, 3.05) is 11.4 Å². The molecule has 1 unspecified atom stereocenters. The van der Waals surface area contributed by atoms with Crippen molar-refractivity contribution in [1.82, 2.24) is 15.3 Å². The summed E-state index contributed by atoms with van der Waals surface area (Å²) in [4.78, 5) is 33.5. The molecule has 0 radical (unpaired) electrons. The highest BCUT2D eigenvalue weighted by Crippen LogP contribution is 2.39. The molecule has 0 aliphatic rings. The Bertz CT molecular complexity index is 1030. The van der Waals surface area contributed by atoms with Crippen molar-refractivity contribution >= 4 is 44.6 Å². The smallest absolute Gasteiger partial charge is 0.433 e. The lowest BCUT2D eigenvalue weighted by Crippen LogP contribution is -2.52. The number of alkyl carbamates (subject to hydrolysis) is 1. The molecule has 194 valence electrons. The van der Waals surface area contributed by atoms with Crippen LogP contribution in [0.25, 0.3) is 0 Å². The molecule has 2 heterocycles. The van der Waals surface area contributed by atoms with Crippen LogP contribution in [-0.2, 0) is 10.9 Å². The standard InChI is InChI=1S/C22H28BrF3N4O4S/c1-20(2,3)16(12-7-8-14(27-9-12)22(24,25)26)13(28-18(31)34-21(4,5)6)10-30(19(32)33)17-29-15(23)11-35-17/h7-9,11,13,16H,10H2,1-6H3,(H,28,31)(H,32,33)/t13-,16?/m0/s1. The van der Waals surface area contributed by atoms with Gasteiger partial charge in [-0.25, -0.2) is 14.6 Å². The van der Waals surface area contributed by atoms with E-state index in [1.807, 2.05) is 20.8 Å². The van der Waals surface area contributed by atoms with E-state index in [1.54, 1.807) is 26.2 Å². The number of hydrogen-bond acceptors (Lipinski definition) is 6. The van der Waals surface area contributed by atoms with Crippen LogP contribution in [0, 0.1) is 5.41 Å². The number of aromatic nitrogens is 2. The molecule has 0 fully saturated rings. The summed E-state index contributed by atoms with van der Waals surface area (Å²) in [6, 6.07) is 1.26. The molecule has 0 saturated heterocycles. The Hall–Kier alpha value is -2.41. The van der Waals surface area contributed by atoms with Gasteiger partial charge in [-0.05, 0) is 53.7 Å². The van der Waals surface area contributed by atoms with Crippen LogP contribution in [0.2, 0.25) is 0 Å². The van der Waals surface area contributed by atoms with Crippen molar-refractivity contribution < 1.29 is 32.6 Å². The molecule has 0 aromatic carbocycles. The number of pyridine rings is 1. The van der Waals surface area contributed by atoms with E-state index in [2.05, 4.69) is 31.2 Å². The maximum atomic E-state index is 13.1. The zero-order valence-corrected chi connectivity index (χ0v) is 22.5. The van der Waals surface area contributed by atoms with Gasteiger partial charge in [0.25, 0.3) is 0 Å². The van der Waals surface area contributed by atoms with Crippen molar-refractivity contribution in [2.24, 2.45) is 5.41 Å². The number of nitrogens with zero attached hydrogens (tertiary/aromatic N) is 3. The molecule has 35 heavy (non-hydrogen) atoms. The summed E-state index contributed by atoms with van der Waals surface area (Å²) in [6.45, 7) is 10.3. The molecule has 2 atom stereocenters. The Morgan fingerprint density at radius 1 is 1.20 bits per heavy atom. The Kier molecular flexibility index (Phi) is 8.80. The Morgan fingerprint density at radius 3 is 2.23 bits per heavy atom. The number of amides is 2. The first-order valence-corrected chi connectivity index (χ1v) is 12.2. The van der Waals surface area contributed by atoms with Gasteiger partial charge in [0.15, 0.2) is 5.13 Å². The average Bonchev–Trinajstić information content (AvgIpc) is 3.08. The quantitative estimate of drug-likeness (QED) is 0.402. The molecule has 0 aliphatic carbocycles. The van der Waals surface area contributed by atoms with E-state index in [1.165, 1.54) is 6.07 Å². The van der Waals surface area contributed by atoms with E-state index in [4.69, 9.17) is 4.74 Å². The minimum Gasteiger partial charge on any atom is -0.465 e. The fourth-order valence-electron chi connectivity index (χ4n) is 3.59. The van der Waals surface area contributed by atoms with Crippen LogP contribution in [0.15, 0.2) is 28.3 Å². The SMILES string of the molecule is CC(C)(C)OC(=O)N[C@@H](CN(C(=O)O)c1nc(Br)cs1)C(c1ccc(C(F)(F)F)nc1)C(C)(C)C. The number of nitrogens with one attached hydrogen (secondary N) is 1. The highest BCUT2D eigenvalue weighted by Gasteiger charge is 2.39. The van der Waals surface area contributed by atoms with E-state index in [0.717, 1.165) is 28.5 Å². The lowest BCUT2D eigenvalue weighted by atomic mass is 9.72. The van der Waals surface area contributed by atoms with Gasteiger partial charge in [0, 0.05) is 17.5 Å². The van der Waals surface area contributed by atoms with Gasteiger partial charge >= 0.3 is 18.4 Å². The zero-order chi connectivity index (χ0) is 26.8. The van der Waals surface area contributed by atoms with Crippen LogP contribution in [0.5, 0.6) is 0 Å². The number of thiazole rings is 1. The molecule has 2 amide bonds. The Labute approximate surface area is 214 Å². The van der Waals surface area contributed by atoms with Crippen LogP contribution in [0.4, 0.5) is 27.9 Å². The molecule has 0 bridgehead atoms. The minimum absolute atomic E-state index is 0.165. The Morgan fingerprint density at radius 2 is 1.83 bits per heavy atom. The Balaban J connectivity index is 2.54. The monoisotopic (exact) mass is 580 g/mol. The molecule has 2 aromatic rings. The second-order valence-corrected chi connectivity index (χ2v) is 11.6. The third-order valence-corrected chi connectivity index (χ3v) is 6.35. The fourth-order valence-corrected chi connectivity index (χ4v) is 4.84. The summed E-state index contributed by atoms with van der Waals surface area (Å²) >= 11 is 4.28. The number of carbonyl (C=O) groups excluding carboxylic acids is 1. The van der Waals surface area contributed by atoms with Crippen molar-refractivity contribution in [3.8, 4) is 0 Å². The van der Waals surface area contributed by atoms with E-state index < -0.39 is 47.0 Å². The number of hydrogen-bond donors (Lipinski definition) is 2. The summed E-state index contributed by atoms with van der Waals surface area (Å²) in [6.07, 6.45) is -5.60. The summed E-state index contributed by atoms with van der Waals surface area (Å²) in [5.74, 6) is -0.643. The second kappa shape index (κ2) is 10.7. The predicted octanol–water partition coefficient (Wildman–Crippen LogP) is 6.53. The lowest BCUT2D eigenvalue weighted by molar-refractivity contribution is -0.141. The van der Waals surface area contributed by atoms with Crippen molar-refractivity contribution in [2.45, 2.75) is 65.3 Å². The van der Waals surface area contributed by atoms with Gasteiger partial charge in [0.05, 0.1) is 12.6 Å². The summed E-state index contributed by atoms with van der Waals surface area (Å²) in [7, 11) is 0. The molecule has 0 spiro atoms. The number of carboxylic acid groups (broad SMARTS) is 1. The molecule has 8 nitrogen and oxygen atoms in total. The van der Waals surface area contributed by atoms with Crippen molar-refractivity contribution in [3.63, 3.8) is 0 Å². The molecular formula is C22H28BrF3N4O4S. The number of halogens is 4. The van der Waals surface area contributed by atoms with E-state index >= 15 is 0 Å². The van der Waals surface area contributed by atoms with Gasteiger partial charge in [-0.3, -0.25) is 9.88 Å². The molecule has 2 rings (SSSR count). The molecule has 0 saturated carbocycles. The van der Waals surface area contributed by atoms with Crippen LogP contribution >= 0.6 is 27.3 Å². The lowest BCUT2D eigenvalue weighted by Gasteiger charge is -2.39. The first kappa shape index (κ1) is 28.8. The zero-order valence-electron chi connectivity index (χ0n) is 20.1. The van der Waals surface area contributed by atoms with Crippen LogP contribution in [0.3, 0.4) is 0 Å². The maximum absolute atomic E-state index is 13.1.